The first-order chi connectivity index (χ1) is 13.4. The molecule has 1 aliphatic heterocycles. The van der Waals surface area contributed by atoms with Gasteiger partial charge >= 0.3 is 5.97 Å². The second-order valence-electron chi connectivity index (χ2n) is 6.26. The van der Waals surface area contributed by atoms with Crippen molar-refractivity contribution in [3.05, 3.63) is 18.2 Å². The highest BCUT2D eigenvalue weighted by Crippen LogP contribution is 2.31. The highest BCUT2D eigenvalue weighted by atomic mass is 32.2. The molecule has 1 heterocycles. The van der Waals surface area contributed by atoms with Crippen LogP contribution < -0.4 is 10.1 Å². The van der Waals surface area contributed by atoms with Crippen LogP contribution >= 0.6 is 11.8 Å². The van der Waals surface area contributed by atoms with Crippen LogP contribution in [0.15, 0.2) is 23.1 Å². The SMILES string of the molecule is COC(=O)CSCCC(=O)Nc1ccc(OC)c(S(=O)(=O)N2CCCCC2)c1. The Hall–Kier alpha value is -1.78. The number of anilines is 1. The van der Waals surface area contributed by atoms with Gasteiger partial charge in [0.15, 0.2) is 0 Å². The summed E-state index contributed by atoms with van der Waals surface area (Å²) in [6.45, 7) is 0.971. The first-order valence-electron chi connectivity index (χ1n) is 9.01. The highest BCUT2D eigenvalue weighted by Gasteiger charge is 2.29. The Balaban J connectivity index is 2.05. The number of hydrogen-bond acceptors (Lipinski definition) is 7. The molecule has 1 saturated heterocycles. The van der Waals surface area contributed by atoms with Crippen molar-refractivity contribution in [3.8, 4) is 5.75 Å². The minimum absolute atomic E-state index is 0.0507. The van der Waals surface area contributed by atoms with Gasteiger partial charge < -0.3 is 14.8 Å². The van der Waals surface area contributed by atoms with E-state index >= 15 is 0 Å². The number of carbonyl (C=O) groups excluding carboxylic acids is 2. The molecule has 0 spiro atoms. The quantitative estimate of drug-likeness (QED) is 0.473. The summed E-state index contributed by atoms with van der Waals surface area (Å²) in [5.74, 6) is 0.287. The van der Waals surface area contributed by atoms with Crippen molar-refractivity contribution in [1.82, 2.24) is 4.31 Å². The van der Waals surface area contributed by atoms with Gasteiger partial charge in [0.05, 0.1) is 20.0 Å². The molecule has 1 aromatic rings. The van der Waals surface area contributed by atoms with Crippen LogP contribution in [0.1, 0.15) is 25.7 Å². The molecule has 0 atom stereocenters. The number of hydrogen-bond donors (Lipinski definition) is 1. The zero-order valence-electron chi connectivity index (χ0n) is 16.1. The van der Waals surface area contributed by atoms with E-state index in [0.29, 0.717) is 24.5 Å². The maximum absolute atomic E-state index is 13.0. The number of carbonyl (C=O) groups is 2. The number of rotatable bonds is 9. The third-order valence-corrected chi connectivity index (χ3v) is 7.15. The minimum Gasteiger partial charge on any atom is -0.495 e. The van der Waals surface area contributed by atoms with Gasteiger partial charge in [-0.1, -0.05) is 6.42 Å². The predicted octanol–water partition coefficient (Wildman–Crippen LogP) is 2.10. The average Bonchev–Trinajstić information content (AvgIpc) is 2.71. The number of piperidine rings is 1. The van der Waals surface area contributed by atoms with E-state index in [0.717, 1.165) is 19.3 Å². The molecule has 1 aromatic carbocycles. The molecule has 2 rings (SSSR count). The van der Waals surface area contributed by atoms with Crippen LogP contribution in [0.2, 0.25) is 0 Å². The molecule has 1 aliphatic rings. The normalized spacial score (nSPS) is 15.1. The Morgan fingerprint density at radius 3 is 2.54 bits per heavy atom. The van der Waals surface area contributed by atoms with Gasteiger partial charge in [0.25, 0.3) is 0 Å². The fourth-order valence-corrected chi connectivity index (χ4v) is 5.26. The summed E-state index contributed by atoms with van der Waals surface area (Å²) in [6, 6.07) is 4.58. The van der Waals surface area contributed by atoms with Crippen LogP contribution in [-0.2, 0) is 24.3 Å². The standard InChI is InChI=1S/C18H26N2O6S2/c1-25-15-7-6-14(19-17(21)8-11-27-13-18(22)26-2)12-16(15)28(23,24)20-9-4-3-5-10-20/h6-7,12H,3-5,8-11,13H2,1-2H3,(H,19,21). The predicted molar refractivity (Wildman–Crippen MR) is 108 cm³/mol. The number of nitrogens with one attached hydrogen (secondary N) is 1. The van der Waals surface area contributed by atoms with Crippen LogP contribution in [0.4, 0.5) is 5.69 Å². The molecule has 156 valence electrons. The number of benzene rings is 1. The molecule has 0 aliphatic carbocycles. The van der Waals surface area contributed by atoms with Crippen LogP contribution in [-0.4, -0.2) is 63.4 Å². The van der Waals surface area contributed by atoms with Crippen molar-refractivity contribution in [2.45, 2.75) is 30.6 Å². The third kappa shape index (κ3) is 6.11. The molecule has 0 aromatic heterocycles. The number of esters is 1. The van der Waals surface area contributed by atoms with Gasteiger partial charge in [0.1, 0.15) is 10.6 Å². The second-order valence-corrected chi connectivity index (χ2v) is 9.27. The van der Waals surface area contributed by atoms with Crippen LogP contribution in [0, 0.1) is 0 Å². The molecule has 0 saturated carbocycles. The summed E-state index contributed by atoms with van der Waals surface area (Å²) >= 11 is 1.30. The Bertz CT molecular complexity index is 791. The number of sulfonamides is 1. The van der Waals surface area contributed by atoms with E-state index in [9.17, 15) is 18.0 Å². The summed E-state index contributed by atoms with van der Waals surface area (Å²) in [5.41, 5.74) is 0.388. The Kier molecular flexibility index (Phi) is 8.58. The lowest BCUT2D eigenvalue weighted by molar-refractivity contribution is -0.137. The number of thioether (sulfide) groups is 1. The first kappa shape index (κ1) is 22.5. The maximum Gasteiger partial charge on any atom is 0.315 e. The molecular weight excluding hydrogens is 404 g/mol. The maximum atomic E-state index is 13.0. The first-order valence-corrected chi connectivity index (χ1v) is 11.6. The molecule has 1 fully saturated rings. The molecule has 1 N–H and O–H groups in total. The van der Waals surface area contributed by atoms with Gasteiger partial charge in [-0.15, -0.1) is 11.8 Å². The largest absolute Gasteiger partial charge is 0.495 e. The van der Waals surface area contributed by atoms with Crippen molar-refractivity contribution in [3.63, 3.8) is 0 Å². The molecular formula is C18H26N2O6S2. The molecule has 8 nitrogen and oxygen atoms in total. The van der Waals surface area contributed by atoms with Crippen LogP contribution in [0.5, 0.6) is 5.75 Å². The van der Waals surface area contributed by atoms with Crippen molar-refractivity contribution in [2.75, 3.05) is 44.1 Å². The van der Waals surface area contributed by atoms with E-state index in [-0.39, 0.29) is 34.7 Å². The fraction of sp³-hybridized carbons (Fsp3) is 0.556. The monoisotopic (exact) mass is 430 g/mol. The van der Waals surface area contributed by atoms with Gasteiger partial charge in [0.2, 0.25) is 15.9 Å². The Morgan fingerprint density at radius 2 is 1.89 bits per heavy atom. The molecule has 0 unspecified atom stereocenters. The van der Waals surface area contributed by atoms with E-state index in [1.54, 1.807) is 12.1 Å². The van der Waals surface area contributed by atoms with E-state index in [1.807, 2.05) is 0 Å². The minimum atomic E-state index is -3.69. The zero-order valence-corrected chi connectivity index (χ0v) is 17.7. The van der Waals surface area contributed by atoms with Crippen LogP contribution in [0.3, 0.4) is 0 Å². The lowest BCUT2D eigenvalue weighted by Crippen LogP contribution is -2.35. The summed E-state index contributed by atoms with van der Waals surface area (Å²) in [7, 11) is -0.963. The number of nitrogens with zero attached hydrogens (tertiary/aromatic N) is 1. The lowest BCUT2D eigenvalue weighted by atomic mass is 10.2. The summed E-state index contributed by atoms with van der Waals surface area (Å²) in [5, 5.41) is 2.70. The highest BCUT2D eigenvalue weighted by molar-refractivity contribution is 7.99. The number of methoxy groups -OCH3 is 2. The van der Waals surface area contributed by atoms with Crippen molar-refractivity contribution in [1.29, 1.82) is 0 Å². The third-order valence-electron chi connectivity index (χ3n) is 4.30. The van der Waals surface area contributed by atoms with Gasteiger partial charge in [0, 0.05) is 31.0 Å². The lowest BCUT2D eigenvalue weighted by Gasteiger charge is -2.26. The van der Waals surface area contributed by atoms with Gasteiger partial charge in [-0.25, -0.2) is 8.42 Å². The van der Waals surface area contributed by atoms with E-state index in [4.69, 9.17) is 4.74 Å². The van der Waals surface area contributed by atoms with E-state index < -0.39 is 10.0 Å². The van der Waals surface area contributed by atoms with Crippen molar-refractivity contribution >= 4 is 39.3 Å². The Labute approximate surface area is 170 Å². The topological polar surface area (TPSA) is 102 Å². The van der Waals surface area contributed by atoms with E-state index in [1.165, 1.54) is 36.4 Å². The zero-order chi connectivity index (χ0) is 20.6. The average molecular weight is 431 g/mol. The van der Waals surface area contributed by atoms with Crippen LogP contribution in [0.25, 0.3) is 0 Å². The van der Waals surface area contributed by atoms with E-state index in [2.05, 4.69) is 10.1 Å². The number of amides is 1. The van der Waals surface area contributed by atoms with Gasteiger partial charge in [-0.3, -0.25) is 9.59 Å². The molecule has 0 radical (unpaired) electrons. The van der Waals surface area contributed by atoms with Crippen molar-refractivity contribution in [2.24, 2.45) is 0 Å². The van der Waals surface area contributed by atoms with Gasteiger partial charge in [-0.2, -0.15) is 4.31 Å². The molecule has 10 heteroatoms. The van der Waals surface area contributed by atoms with Gasteiger partial charge in [-0.05, 0) is 31.0 Å². The summed E-state index contributed by atoms with van der Waals surface area (Å²) in [4.78, 5) is 23.2. The smallest absolute Gasteiger partial charge is 0.315 e. The molecule has 1 amide bonds. The summed E-state index contributed by atoms with van der Waals surface area (Å²) in [6.07, 6.45) is 2.89. The molecule has 0 bridgehead atoms. The number of ether oxygens (including phenoxy) is 2. The van der Waals surface area contributed by atoms with Crippen molar-refractivity contribution < 1.29 is 27.5 Å². The summed E-state index contributed by atoms with van der Waals surface area (Å²) < 4.78 is 37.2. The fourth-order valence-electron chi connectivity index (χ4n) is 2.80. The Morgan fingerprint density at radius 1 is 1.18 bits per heavy atom. The second kappa shape index (κ2) is 10.7. The molecule has 28 heavy (non-hydrogen) atoms.